The number of benzene rings is 2. The Hall–Kier alpha value is -2.49. The smallest absolute Gasteiger partial charge is 0.220 e. The Morgan fingerprint density at radius 3 is 2.39 bits per heavy atom. The molecular formula is C19H23NO3. The summed E-state index contributed by atoms with van der Waals surface area (Å²) < 4.78 is 10.5. The summed E-state index contributed by atoms with van der Waals surface area (Å²) in [6, 6.07) is 15.8. The standard InChI is InChI=1S/C19H23NO3/c1-22-17-12-11-15(13-18(17)23-2)9-6-10-19(21)20-14-16-7-4-3-5-8-16/h3-5,7-8,11-13H,6,9-10,14H2,1-2H3,(H,20,21). The lowest BCUT2D eigenvalue weighted by Gasteiger charge is -2.09. The van der Waals surface area contributed by atoms with E-state index in [9.17, 15) is 4.79 Å². The van der Waals surface area contributed by atoms with E-state index in [0.717, 1.165) is 35.5 Å². The fourth-order valence-corrected chi connectivity index (χ4v) is 2.37. The molecule has 2 aromatic carbocycles. The van der Waals surface area contributed by atoms with Gasteiger partial charge in [0.15, 0.2) is 11.5 Å². The van der Waals surface area contributed by atoms with Gasteiger partial charge in [0.05, 0.1) is 14.2 Å². The highest BCUT2D eigenvalue weighted by molar-refractivity contribution is 5.75. The highest BCUT2D eigenvalue weighted by atomic mass is 16.5. The molecule has 0 aliphatic heterocycles. The summed E-state index contributed by atoms with van der Waals surface area (Å²) in [5.74, 6) is 1.52. The second-order valence-electron chi connectivity index (χ2n) is 5.31. The van der Waals surface area contributed by atoms with Gasteiger partial charge in [0.25, 0.3) is 0 Å². The molecule has 0 bridgehead atoms. The molecule has 4 nitrogen and oxygen atoms in total. The monoisotopic (exact) mass is 313 g/mol. The first-order valence-electron chi connectivity index (χ1n) is 7.74. The van der Waals surface area contributed by atoms with Crippen molar-refractivity contribution in [3.8, 4) is 11.5 Å². The zero-order valence-corrected chi connectivity index (χ0v) is 13.7. The normalized spacial score (nSPS) is 10.2. The predicted molar refractivity (Wildman–Crippen MR) is 90.8 cm³/mol. The van der Waals surface area contributed by atoms with E-state index in [2.05, 4.69) is 5.32 Å². The van der Waals surface area contributed by atoms with Crippen LogP contribution < -0.4 is 14.8 Å². The van der Waals surface area contributed by atoms with Crippen molar-refractivity contribution in [2.75, 3.05) is 14.2 Å². The van der Waals surface area contributed by atoms with Crippen LogP contribution in [0.3, 0.4) is 0 Å². The van der Waals surface area contributed by atoms with Crippen LogP contribution in [-0.4, -0.2) is 20.1 Å². The molecule has 0 spiro atoms. The zero-order valence-electron chi connectivity index (χ0n) is 13.7. The molecule has 0 unspecified atom stereocenters. The summed E-state index contributed by atoms with van der Waals surface area (Å²) >= 11 is 0. The Kier molecular flexibility index (Phi) is 6.48. The largest absolute Gasteiger partial charge is 0.493 e. The minimum absolute atomic E-state index is 0.0781. The van der Waals surface area contributed by atoms with Crippen LogP contribution >= 0.6 is 0 Å². The SMILES string of the molecule is COc1ccc(CCCC(=O)NCc2ccccc2)cc1OC. The van der Waals surface area contributed by atoms with E-state index in [4.69, 9.17) is 9.47 Å². The number of amides is 1. The zero-order chi connectivity index (χ0) is 16.5. The molecule has 0 saturated carbocycles. The Bertz CT molecular complexity index is 626. The molecule has 4 heteroatoms. The van der Waals surface area contributed by atoms with Gasteiger partial charge in [0.1, 0.15) is 0 Å². The maximum atomic E-state index is 11.9. The van der Waals surface area contributed by atoms with Crippen LogP contribution in [0, 0.1) is 0 Å². The van der Waals surface area contributed by atoms with E-state index in [1.54, 1.807) is 14.2 Å². The molecule has 23 heavy (non-hydrogen) atoms. The number of methoxy groups -OCH3 is 2. The van der Waals surface area contributed by atoms with Crippen molar-refractivity contribution in [2.45, 2.75) is 25.8 Å². The van der Waals surface area contributed by atoms with Gasteiger partial charge < -0.3 is 14.8 Å². The van der Waals surface area contributed by atoms with Crippen molar-refractivity contribution in [1.82, 2.24) is 5.32 Å². The highest BCUT2D eigenvalue weighted by Crippen LogP contribution is 2.28. The molecule has 0 atom stereocenters. The minimum atomic E-state index is 0.0781. The minimum Gasteiger partial charge on any atom is -0.493 e. The second kappa shape index (κ2) is 8.83. The molecular weight excluding hydrogens is 290 g/mol. The molecule has 122 valence electrons. The van der Waals surface area contributed by atoms with Crippen molar-refractivity contribution in [3.05, 3.63) is 59.7 Å². The number of ether oxygens (including phenoxy) is 2. The maximum absolute atomic E-state index is 11.9. The van der Waals surface area contributed by atoms with Crippen LogP contribution in [0.4, 0.5) is 0 Å². The van der Waals surface area contributed by atoms with Crippen LogP contribution in [0.5, 0.6) is 11.5 Å². The van der Waals surface area contributed by atoms with Gasteiger partial charge >= 0.3 is 0 Å². The number of aryl methyl sites for hydroxylation is 1. The van der Waals surface area contributed by atoms with E-state index in [0.29, 0.717) is 13.0 Å². The lowest BCUT2D eigenvalue weighted by molar-refractivity contribution is -0.121. The summed E-state index contributed by atoms with van der Waals surface area (Å²) in [6.45, 7) is 0.579. The molecule has 0 heterocycles. The molecule has 0 aromatic heterocycles. The van der Waals surface area contributed by atoms with Crippen molar-refractivity contribution < 1.29 is 14.3 Å². The Morgan fingerprint density at radius 2 is 1.70 bits per heavy atom. The van der Waals surface area contributed by atoms with Crippen LogP contribution in [0.1, 0.15) is 24.0 Å². The Balaban J connectivity index is 1.75. The summed E-state index contributed by atoms with van der Waals surface area (Å²) in [6.07, 6.45) is 2.15. The van der Waals surface area contributed by atoms with Crippen LogP contribution in [0.2, 0.25) is 0 Å². The number of nitrogens with one attached hydrogen (secondary N) is 1. The van der Waals surface area contributed by atoms with Crippen LogP contribution in [-0.2, 0) is 17.8 Å². The molecule has 1 N–H and O–H groups in total. The summed E-state index contributed by atoms with van der Waals surface area (Å²) in [5, 5.41) is 2.94. The molecule has 2 rings (SSSR count). The van der Waals surface area contributed by atoms with Gasteiger partial charge in [-0.25, -0.2) is 0 Å². The number of hydrogen-bond donors (Lipinski definition) is 1. The Morgan fingerprint density at radius 1 is 0.957 bits per heavy atom. The number of carbonyl (C=O) groups is 1. The topological polar surface area (TPSA) is 47.6 Å². The number of hydrogen-bond acceptors (Lipinski definition) is 3. The lowest BCUT2D eigenvalue weighted by Crippen LogP contribution is -2.22. The fraction of sp³-hybridized carbons (Fsp3) is 0.316. The van der Waals surface area contributed by atoms with E-state index < -0.39 is 0 Å². The van der Waals surface area contributed by atoms with Crippen LogP contribution in [0.25, 0.3) is 0 Å². The third-order valence-electron chi connectivity index (χ3n) is 3.65. The van der Waals surface area contributed by atoms with E-state index in [1.165, 1.54) is 0 Å². The fourth-order valence-electron chi connectivity index (χ4n) is 2.37. The number of carbonyl (C=O) groups excluding carboxylic acids is 1. The van der Waals surface area contributed by atoms with Crippen molar-refractivity contribution in [2.24, 2.45) is 0 Å². The quantitative estimate of drug-likeness (QED) is 0.813. The number of rotatable bonds is 8. The third kappa shape index (κ3) is 5.33. The van der Waals surface area contributed by atoms with Crippen LogP contribution in [0.15, 0.2) is 48.5 Å². The second-order valence-corrected chi connectivity index (χ2v) is 5.31. The first-order valence-corrected chi connectivity index (χ1v) is 7.74. The first-order chi connectivity index (χ1) is 11.2. The van der Waals surface area contributed by atoms with E-state index >= 15 is 0 Å². The third-order valence-corrected chi connectivity index (χ3v) is 3.65. The lowest BCUT2D eigenvalue weighted by atomic mass is 10.1. The van der Waals surface area contributed by atoms with Gasteiger partial charge in [-0.1, -0.05) is 36.4 Å². The predicted octanol–water partition coefficient (Wildman–Crippen LogP) is 3.34. The summed E-state index contributed by atoms with van der Waals surface area (Å²) in [4.78, 5) is 11.9. The van der Waals surface area contributed by atoms with Crippen molar-refractivity contribution in [3.63, 3.8) is 0 Å². The molecule has 0 aliphatic rings. The molecule has 0 fully saturated rings. The van der Waals surface area contributed by atoms with Gasteiger partial charge in [0.2, 0.25) is 5.91 Å². The Labute approximate surface area is 137 Å². The molecule has 1 amide bonds. The van der Waals surface area contributed by atoms with Gasteiger partial charge in [-0.2, -0.15) is 0 Å². The maximum Gasteiger partial charge on any atom is 0.220 e. The van der Waals surface area contributed by atoms with E-state index in [-0.39, 0.29) is 5.91 Å². The highest BCUT2D eigenvalue weighted by Gasteiger charge is 2.06. The van der Waals surface area contributed by atoms with Gasteiger partial charge in [-0.15, -0.1) is 0 Å². The first kappa shape index (κ1) is 16.9. The molecule has 0 saturated heterocycles. The average Bonchev–Trinajstić information content (AvgIpc) is 2.60. The van der Waals surface area contributed by atoms with Gasteiger partial charge in [-0.05, 0) is 36.1 Å². The molecule has 2 aromatic rings. The van der Waals surface area contributed by atoms with E-state index in [1.807, 2.05) is 48.5 Å². The molecule has 0 aliphatic carbocycles. The van der Waals surface area contributed by atoms with Crippen molar-refractivity contribution in [1.29, 1.82) is 0 Å². The molecule has 0 radical (unpaired) electrons. The van der Waals surface area contributed by atoms with Gasteiger partial charge in [0, 0.05) is 13.0 Å². The average molecular weight is 313 g/mol. The van der Waals surface area contributed by atoms with Crippen molar-refractivity contribution >= 4 is 5.91 Å². The van der Waals surface area contributed by atoms with Gasteiger partial charge in [-0.3, -0.25) is 4.79 Å². The summed E-state index contributed by atoms with van der Waals surface area (Å²) in [7, 11) is 3.24. The summed E-state index contributed by atoms with van der Waals surface area (Å²) in [5.41, 5.74) is 2.25.